The lowest BCUT2D eigenvalue weighted by atomic mass is 10.1. The number of nitrogens with zero attached hydrogens (tertiary/aromatic N) is 5. The molecule has 7 rings (SSSR count). The molecule has 0 amide bonds. The van der Waals surface area contributed by atoms with E-state index in [4.69, 9.17) is 20.3 Å². The molecule has 0 fully saturated rings. The third kappa shape index (κ3) is 15.1. The van der Waals surface area contributed by atoms with Crippen molar-refractivity contribution in [1.82, 2.24) is 18.7 Å². The zero-order chi connectivity index (χ0) is 54.9. The predicted molar refractivity (Wildman–Crippen MR) is 241 cm³/mol. The van der Waals surface area contributed by atoms with Gasteiger partial charge >= 0.3 is 24.7 Å². The number of methoxy groups -OCH3 is 2. The summed E-state index contributed by atoms with van der Waals surface area (Å²) < 4.78 is 246. The molecule has 0 saturated heterocycles. The zero-order valence-electron chi connectivity index (χ0n) is 38.1. The molecule has 392 valence electrons. The van der Waals surface area contributed by atoms with Gasteiger partial charge in [0.2, 0.25) is 10.3 Å². The van der Waals surface area contributed by atoms with E-state index in [9.17, 15) is 69.5 Å². The maximum atomic E-state index is 13.6. The summed E-state index contributed by atoms with van der Waals surface area (Å²) in [7, 11) is -5.46. The van der Waals surface area contributed by atoms with Gasteiger partial charge in [-0.3, -0.25) is 4.72 Å². The van der Waals surface area contributed by atoms with Crippen LogP contribution in [0.15, 0.2) is 126 Å². The Morgan fingerprint density at radius 1 is 0.562 bits per heavy atom. The van der Waals surface area contributed by atoms with E-state index >= 15 is 0 Å². The molecule has 0 spiro atoms. The monoisotopic (exact) mass is 1120 g/mol. The molecule has 0 unspecified atom stereocenters. The number of aromatic nitrogens is 4. The fraction of sp³-hybridized carbons (Fsp3) is 0.209. The molecule has 2 aromatic heterocycles. The summed E-state index contributed by atoms with van der Waals surface area (Å²) in [6.07, 6.45) is -17.8. The second-order valence-electron chi connectivity index (χ2n) is 13.9. The quantitative estimate of drug-likeness (QED) is 0.102. The van der Waals surface area contributed by atoms with Gasteiger partial charge in [0.25, 0.3) is 20.0 Å². The van der Waals surface area contributed by atoms with Crippen molar-refractivity contribution in [2.24, 2.45) is 0 Å². The van der Waals surface area contributed by atoms with Gasteiger partial charge < -0.3 is 18.9 Å². The minimum atomic E-state index is -5.06. The molecule has 0 saturated carbocycles. The minimum Gasteiger partial charge on any atom is -0.497 e. The summed E-state index contributed by atoms with van der Waals surface area (Å²) in [6.45, 7) is 2.08. The minimum absolute atomic E-state index is 0.0129. The number of nitrogens with one attached hydrogen (secondary N) is 1. The van der Waals surface area contributed by atoms with Gasteiger partial charge in [0.15, 0.2) is 0 Å². The molecule has 0 radical (unpaired) electrons. The molecule has 30 heteroatoms. The van der Waals surface area contributed by atoms with Crippen LogP contribution in [0.3, 0.4) is 0 Å². The molecule has 2 heterocycles. The van der Waals surface area contributed by atoms with Crippen molar-refractivity contribution >= 4 is 53.4 Å². The number of sulfonamides is 2. The number of rotatable bonds is 14. The summed E-state index contributed by atoms with van der Waals surface area (Å²) >= 11 is 1.61. The first-order chi connectivity index (χ1) is 34.5. The summed E-state index contributed by atoms with van der Waals surface area (Å²) in [6, 6.07) is 15.1. The van der Waals surface area contributed by atoms with E-state index in [0.29, 0.717) is 48.2 Å². The van der Waals surface area contributed by atoms with Crippen LogP contribution >= 0.6 is 23.1 Å². The van der Waals surface area contributed by atoms with Crippen LogP contribution in [-0.2, 0) is 51.3 Å². The van der Waals surface area contributed by atoms with Gasteiger partial charge in [-0.2, -0.15) is 61.4 Å². The van der Waals surface area contributed by atoms with Crippen LogP contribution in [0, 0.1) is 0 Å². The number of ether oxygens (including phenoxy) is 4. The van der Waals surface area contributed by atoms with Crippen LogP contribution in [0.2, 0.25) is 0 Å². The summed E-state index contributed by atoms with van der Waals surface area (Å²) in [4.78, 5) is 7.18. The van der Waals surface area contributed by atoms with Crippen LogP contribution in [0.25, 0.3) is 0 Å². The summed E-state index contributed by atoms with van der Waals surface area (Å²) in [5.41, 5.74) is -5.70. The SMILES string of the molecule is COc1ccc(CN(c2ncns2)S(=O)(=O)c2ccc(Oc3cc(C(F)(F)F)cc(C(F)(F)F)c3)cc2)c(OC)c1.O=S(=O)(Nc1ncns1)c1ccc(Oc2cc(C(F)(F)F)cc(C(F)(F)F)c2)cc1.[2H]CC. The van der Waals surface area contributed by atoms with Gasteiger partial charge in [0.05, 0.1) is 52.8 Å². The standard InChI is InChI=1S/C25H19F6N3O5S2.C16H9F6N3O3S2.C2H6/c1-37-19-4-3-15(22(12-19)38-2)13-34(23-32-14-33-40-23)41(35,36)21-7-5-18(6-8-21)39-20-10-16(24(26,27)28)9-17(11-20)25(29,30)31;17-15(18,19)9-5-10(16(20,21)22)7-12(6-9)28-11-1-3-13(4-2-11)30(26,27)25-14-23-8-24-29-14;1-2/h3-12,14H,13H2,1-2H3;1-8H,(H,23,24,25);1-2H3/i;;1D. The Labute approximate surface area is 416 Å². The van der Waals surface area contributed by atoms with Gasteiger partial charge in [0.1, 0.15) is 47.2 Å². The van der Waals surface area contributed by atoms with Gasteiger partial charge in [-0.1, -0.05) is 13.8 Å². The Balaban J connectivity index is 0.000000272. The Morgan fingerprint density at radius 2 is 0.986 bits per heavy atom. The van der Waals surface area contributed by atoms with Gasteiger partial charge in [-0.15, -0.1) is 0 Å². The second-order valence-corrected chi connectivity index (χ2v) is 19.0. The molecule has 14 nitrogen and oxygen atoms in total. The van der Waals surface area contributed by atoms with Gasteiger partial charge in [-0.25, -0.2) is 31.1 Å². The number of benzene rings is 5. The summed E-state index contributed by atoms with van der Waals surface area (Å²) in [5, 5.41) is 0.0471. The lowest BCUT2D eigenvalue weighted by molar-refractivity contribution is -0.144. The van der Waals surface area contributed by atoms with E-state index in [1.54, 1.807) is 25.1 Å². The Kier molecular flexibility index (Phi) is 17.4. The predicted octanol–water partition coefficient (Wildman–Crippen LogP) is 13.0. The van der Waals surface area contributed by atoms with Gasteiger partial charge in [0, 0.05) is 36.1 Å². The molecule has 0 aliphatic rings. The topological polar surface area (TPSA) is 172 Å². The van der Waals surface area contributed by atoms with E-state index < -0.39 is 78.5 Å². The maximum absolute atomic E-state index is 13.6. The molecule has 1 N–H and O–H groups in total. The van der Waals surface area contributed by atoms with Crippen molar-refractivity contribution in [1.29, 1.82) is 0 Å². The molecule has 0 bridgehead atoms. The van der Waals surface area contributed by atoms with Crippen molar-refractivity contribution in [3.05, 3.63) is 144 Å². The van der Waals surface area contributed by atoms with Crippen molar-refractivity contribution < 1.29 is 89.8 Å². The van der Waals surface area contributed by atoms with E-state index in [2.05, 4.69) is 23.4 Å². The smallest absolute Gasteiger partial charge is 0.416 e. The molecular weight excluding hydrogens is 1080 g/mol. The molecule has 73 heavy (non-hydrogen) atoms. The van der Waals surface area contributed by atoms with Crippen molar-refractivity contribution in [3.63, 3.8) is 0 Å². The first-order valence-electron chi connectivity index (χ1n) is 20.4. The van der Waals surface area contributed by atoms with Crippen molar-refractivity contribution in [3.8, 4) is 34.5 Å². The molecule has 5 aromatic carbocycles. The largest absolute Gasteiger partial charge is 0.497 e. The second kappa shape index (κ2) is 22.9. The van der Waals surface area contributed by atoms with Crippen LogP contribution in [0.1, 0.15) is 43.0 Å². The fourth-order valence-electron chi connectivity index (χ4n) is 5.80. The highest BCUT2D eigenvalue weighted by molar-refractivity contribution is 7.93. The first-order valence-corrected chi connectivity index (χ1v) is 24.2. The number of anilines is 2. The van der Waals surface area contributed by atoms with Crippen LogP contribution < -0.4 is 28.0 Å². The Hall–Kier alpha value is -6.92. The Bertz CT molecular complexity index is 3120. The van der Waals surface area contributed by atoms with E-state index in [1.807, 2.05) is 0 Å². The average Bonchev–Trinajstić information content (AvgIpc) is 4.06. The van der Waals surface area contributed by atoms with Crippen LogP contribution in [0.5, 0.6) is 34.5 Å². The van der Waals surface area contributed by atoms with Crippen molar-refractivity contribution in [2.45, 2.75) is 54.9 Å². The molecule has 7 aromatic rings. The number of halogens is 12. The highest BCUT2D eigenvalue weighted by Crippen LogP contribution is 2.41. The molecule has 0 aliphatic heterocycles. The van der Waals surface area contributed by atoms with Crippen LogP contribution in [-0.4, -0.2) is 49.8 Å². The lowest BCUT2D eigenvalue weighted by Crippen LogP contribution is -2.30. The molecule has 0 atom stereocenters. The van der Waals surface area contributed by atoms with E-state index in [1.165, 1.54) is 20.5 Å². The Morgan fingerprint density at radius 3 is 1.37 bits per heavy atom. The normalized spacial score (nSPS) is 12.3. The lowest BCUT2D eigenvalue weighted by Gasteiger charge is -2.23. The van der Waals surface area contributed by atoms with E-state index in [-0.39, 0.29) is 50.2 Å². The van der Waals surface area contributed by atoms with Crippen molar-refractivity contribution in [2.75, 3.05) is 23.2 Å². The van der Waals surface area contributed by atoms with E-state index in [0.717, 1.165) is 82.2 Å². The zero-order valence-corrected chi connectivity index (χ0v) is 40.3. The third-order valence-corrected chi connectivity index (χ3v) is 13.7. The highest BCUT2D eigenvalue weighted by Gasteiger charge is 2.39. The number of hydrogen-bond donors (Lipinski definition) is 1. The summed E-state index contributed by atoms with van der Waals surface area (Å²) in [5.74, 6) is -0.982. The molecular formula is C43H34F12N6O8S4. The highest BCUT2D eigenvalue weighted by atomic mass is 32.2. The number of alkyl halides is 12. The average molecular weight is 1120 g/mol. The van der Waals surface area contributed by atoms with Gasteiger partial charge in [-0.05, 0) is 97.1 Å². The third-order valence-electron chi connectivity index (χ3n) is 9.09. The van der Waals surface area contributed by atoms with Crippen LogP contribution in [0.4, 0.5) is 62.9 Å². The first kappa shape index (κ1) is 55.4. The maximum Gasteiger partial charge on any atom is 0.416 e. The molecule has 0 aliphatic carbocycles. The fourth-order valence-corrected chi connectivity index (χ4v) is 9.59. The number of hydrogen-bond acceptors (Lipinski definition) is 14.